The number of rotatable bonds is 11. The van der Waals surface area contributed by atoms with Crippen LogP contribution < -0.4 is 15.4 Å². The van der Waals surface area contributed by atoms with Gasteiger partial charge in [0.25, 0.3) is 11.8 Å². The minimum absolute atomic E-state index is 0.0902. The van der Waals surface area contributed by atoms with E-state index in [-0.39, 0.29) is 36.8 Å². The van der Waals surface area contributed by atoms with E-state index in [1.165, 1.54) is 24.3 Å². The van der Waals surface area contributed by atoms with Crippen molar-refractivity contribution < 1.29 is 37.3 Å². The van der Waals surface area contributed by atoms with Gasteiger partial charge in [0.05, 0.1) is 31.3 Å². The van der Waals surface area contributed by atoms with Crippen LogP contribution in [0.4, 0.5) is 13.2 Å². The molecular weight excluding hydrogens is 603 g/mol. The number of methoxy groups -OCH3 is 1. The second-order valence-electron chi connectivity index (χ2n) is 11.8. The molecule has 3 aromatic rings. The number of benzene rings is 2. The predicted molar refractivity (Wildman–Crippen MR) is 165 cm³/mol. The smallest absolute Gasteiger partial charge is 0.405 e. The summed E-state index contributed by atoms with van der Waals surface area (Å²) in [4.78, 5) is 32.7. The summed E-state index contributed by atoms with van der Waals surface area (Å²) in [6, 6.07) is 15.0. The minimum atomic E-state index is -4.49. The Labute approximate surface area is 265 Å². The van der Waals surface area contributed by atoms with Gasteiger partial charge in [0, 0.05) is 50.3 Å². The maximum Gasteiger partial charge on any atom is 0.405 e. The fourth-order valence-electron chi connectivity index (χ4n) is 6.38. The van der Waals surface area contributed by atoms with Gasteiger partial charge in [0.2, 0.25) is 0 Å². The van der Waals surface area contributed by atoms with Gasteiger partial charge in [-0.1, -0.05) is 43.2 Å². The van der Waals surface area contributed by atoms with Crippen LogP contribution in [-0.4, -0.2) is 95.7 Å². The summed E-state index contributed by atoms with van der Waals surface area (Å²) in [6.07, 6.45) is 0.842. The first-order valence-electron chi connectivity index (χ1n) is 15.5. The molecule has 0 radical (unpaired) electrons. The topological polar surface area (TPSA) is 118 Å². The van der Waals surface area contributed by atoms with Crippen LogP contribution in [0.3, 0.4) is 0 Å². The quantitative estimate of drug-likeness (QED) is 0.287. The molecule has 0 bridgehead atoms. The second-order valence-corrected chi connectivity index (χ2v) is 11.8. The summed E-state index contributed by atoms with van der Waals surface area (Å²) in [7, 11) is 1.58. The number of hydrogen-bond acceptors (Lipinski definition) is 7. The van der Waals surface area contributed by atoms with Crippen LogP contribution in [0.25, 0.3) is 11.3 Å². The van der Waals surface area contributed by atoms with Crippen molar-refractivity contribution in [3.63, 3.8) is 0 Å². The Morgan fingerprint density at radius 3 is 2.61 bits per heavy atom. The SMILES string of the molecule is COC[C@]1(O)CCCC[C@H]1n1cnc(C(=O)N2CCNC[C@H]2CCOc2ccc(C(=O)NCC(F)(F)F)cc2)c1-c1ccccc1. The van der Waals surface area contributed by atoms with E-state index in [0.29, 0.717) is 49.6 Å². The molecule has 2 fully saturated rings. The molecule has 13 heteroatoms. The number of aromatic nitrogens is 2. The van der Waals surface area contributed by atoms with Gasteiger partial charge in [-0.05, 0) is 37.1 Å². The van der Waals surface area contributed by atoms with E-state index in [1.807, 2.05) is 45.1 Å². The molecule has 10 nitrogen and oxygen atoms in total. The number of carbonyl (C=O) groups is 2. The standard InChI is InChI=1S/C33H40F3N5O5/c1-45-21-32(44)15-6-5-9-27(32)41-22-39-28(29(41)23-7-3-2-4-8-23)31(43)40-17-16-37-19-25(40)14-18-46-26-12-10-24(11-13-26)30(42)38-20-33(34,35)36/h2-4,7-8,10-13,22,25,27,37,44H,5-6,9,14-21H2,1H3,(H,38,42)/t25-,27-,32-/m1/s1. The number of nitrogens with one attached hydrogen (secondary N) is 2. The van der Waals surface area contributed by atoms with E-state index in [1.54, 1.807) is 13.4 Å². The molecule has 2 amide bonds. The first-order valence-corrected chi connectivity index (χ1v) is 15.5. The number of aliphatic hydroxyl groups is 1. The molecule has 1 saturated heterocycles. The third-order valence-corrected chi connectivity index (χ3v) is 8.63. The van der Waals surface area contributed by atoms with E-state index in [4.69, 9.17) is 9.47 Å². The summed E-state index contributed by atoms with van der Waals surface area (Å²) in [5, 5.41) is 16.8. The Morgan fingerprint density at radius 1 is 1.13 bits per heavy atom. The Bertz CT molecular complexity index is 1460. The van der Waals surface area contributed by atoms with Gasteiger partial charge in [-0.25, -0.2) is 4.98 Å². The molecule has 3 N–H and O–H groups in total. The van der Waals surface area contributed by atoms with Crippen molar-refractivity contribution in [2.45, 2.75) is 56.0 Å². The van der Waals surface area contributed by atoms with Gasteiger partial charge in [-0.2, -0.15) is 13.2 Å². The molecule has 248 valence electrons. The van der Waals surface area contributed by atoms with Crippen molar-refractivity contribution in [1.29, 1.82) is 0 Å². The number of carbonyl (C=O) groups excluding carboxylic acids is 2. The molecule has 1 aliphatic carbocycles. The molecule has 0 spiro atoms. The molecule has 3 atom stereocenters. The summed E-state index contributed by atoms with van der Waals surface area (Å²) in [5.41, 5.74) is 0.827. The van der Waals surface area contributed by atoms with Crippen molar-refractivity contribution in [3.8, 4) is 17.0 Å². The highest BCUT2D eigenvalue weighted by Crippen LogP contribution is 2.41. The highest BCUT2D eigenvalue weighted by Gasteiger charge is 2.42. The molecule has 46 heavy (non-hydrogen) atoms. The van der Waals surface area contributed by atoms with E-state index >= 15 is 0 Å². The van der Waals surface area contributed by atoms with E-state index in [9.17, 15) is 27.9 Å². The number of nitrogens with zero attached hydrogens (tertiary/aromatic N) is 3. The Kier molecular flexibility index (Phi) is 10.6. The molecule has 1 aromatic heterocycles. The number of ether oxygens (including phenoxy) is 2. The van der Waals surface area contributed by atoms with Gasteiger partial charge in [-0.15, -0.1) is 0 Å². The monoisotopic (exact) mass is 643 g/mol. The highest BCUT2D eigenvalue weighted by atomic mass is 19.4. The largest absolute Gasteiger partial charge is 0.494 e. The molecule has 0 unspecified atom stereocenters. The third-order valence-electron chi connectivity index (χ3n) is 8.63. The number of amides is 2. The molecule has 2 aromatic carbocycles. The summed E-state index contributed by atoms with van der Waals surface area (Å²) in [6.45, 7) is 0.703. The van der Waals surface area contributed by atoms with Crippen LogP contribution in [0, 0.1) is 0 Å². The number of alkyl halides is 3. The molecular formula is C33H40F3N5O5. The lowest BCUT2D eigenvalue weighted by Crippen LogP contribution is -2.54. The Morgan fingerprint density at radius 2 is 1.89 bits per heavy atom. The van der Waals surface area contributed by atoms with Crippen LogP contribution >= 0.6 is 0 Å². The third kappa shape index (κ3) is 7.88. The zero-order chi connectivity index (χ0) is 32.7. The van der Waals surface area contributed by atoms with Crippen LogP contribution in [0.15, 0.2) is 60.9 Å². The van der Waals surface area contributed by atoms with Crippen LogP contribution in [0.5, 0.6) is 5.75 Å². The zero-order valence-corrected chi connectivity index (χ0v) is 25.8. The van der Waals surface area contributed by atoms with E-state index < -0.39 is 24.2 Å². The van der Waals surface area contributed by atoms with Crippen molar-refractivity contribution in [1.82, 2.24) is 25.1 Å². The molecule has 2 aliphatic rings. The van der Waals surface area contributed by atoms with Crippen molar-refractivity contribution in [3.05, 3.63) is 72.2 Å². The molecule has 5 rings (SSSR count). The Balaban J connectivity index is 1.30. The van der Waals surface area contributed by atoms with Gasteiger partial charge < -0.3 is 34.7 Å². The fourth-order valence-corrected chi connectivity index (χ4v) is 6.38. The Hall–Kier alpha value is -3.94. The fraction of sp³-hybridized carbons (Fsp3) is 0.485. The van der Waals surface area contributed by atoms with Gasteiger partial charge in [0.1, 0.15) is 17.9 Å². The van der Waals surface area contributed by atoms with Crippen LogP contribution in [-0.2, 0) is 4.74 Å². The molecule has 2 heterocycles. The first kappa shape index (κ1) is 33.4. The lowest BCUT2D eigenvalue weighted by atomic mass is 9.80. The van der Waals surface area contributed by atoms with Crippen molar-refractivity contribution >= 4 is 11.8 Å². The minimum Gasteiger partial charge on any atom is -0.494 e. The molecule has 1 saturated carbocycles. The zero-order valence-electron chi connectivity index (χ0n) is 25.8. The van der Waals surface area contributed by atoms with Crippen LogP contribution in [0.1, 0.15) is 59.0 Å². The molecule has 1 aliphatic heterocycles. The van der Waals surface area contributed by atoms with Crippen LogP contribution in [0.2, 0.25) is 0 Å². The summed E-state index contributed by atoms with van der Waals surface area (Å²) >= 11 is 0. The average molecular weight is 644 g/mol. The summed E-state index contributed by atoms with van der Waals surface area (Å²) in [5.74, 6) is -0.574. The van der Waals surface area contributed by atoms with Crippen molar-refractivity contribution in [2.24, 2.45) is 0 Å². The number of halogens is 3. The summed E-state index contributed by atoms with van der Waals surface area (Å²) < 4.78 is 50.5. The maximum atomic E-state index is 14.2. The maximum absolute atomic E-state index is 14.2. The van der Waals surface area contributed by atoms with Gasteiger partial charge in [-0.3, -0.25) is 9.59 Å². The van der Waals surface area contributed by atoms with Crippen molar-refractivity contribution in [2.75, 3.05) is 46.5 Å². The van der Waals surface area contributed by atoms with E-state index in [0.717, 1.165) is 24.8 Å². The van der Waals surface area contributed by atoms with Gasteiger partial charge in [0.15, 0.2) is 5.69 Å². The lowest BCUT2D eigenvalue weighted by Gasteiger charge is -2.41. The number of hydrogen-bond donors (Lipinski definition) is 3. The average Bonchev–Trinajstić information content (AvgIpc) is 3.49. The highest BCUT2D eigenvalue weighted by molar-refractivity contribution is 5.98. The lowest BCUT2D eigenvalue weighted by molar-refractivity contribution is -0.123. The number of imidazole rings is 1. The van der Waals surface area contributed by atoms with E-state index in [2.05, 4.69) is 10.3 Å². The van der Waals surface area contributed by atoms with Gasteiger partial charge >= 0.3 is 6.18 Å². The second kappa shape index (κ2) is 14.7. The number of piperazine rings is 1. The first-order chi connectivity index (χ1) is 22.1. The normalized spacial score (nSPS) is 22.0. The predicted octanol–water partition coefficient (Wildman–Crippen LogP) is 4.22.